The molecule has 7 nitrogen and oxygen atoms in total. The molecular weight excluding hydrogens is 356 g/mol. The van der Waals surface area contributed by atoms with Crippen molar-refractivity contribution in [3.05, 3.63) is 60.0 Å². The van der Waals surface area contributed by atoms with Crippen LogP contribution in [-0.2, 0) is 6.54 Å². The van der Waals surface area contributed by atoms with Gasteiger partial charge in [-0.15, -0.1) is 0 Å². The highest BCUT2D eigenvalue weighted by molar-refractivity contribution is 5.89. The highest BCUT2D eigenvalue weighted by Gasteiger charge is 2.21. The Morgan fingerprint density at radius 3 is 2.71 bits per heavy atom. The van der Waals surface area contributed by atoms with Gasteiger partial charge in [0.15, 0.2) is 0 Å². The Morgan fingerprint density at radius 2 is 2.00 bits per heavy atom. The first-order valence-corrected chi connectivity index (χ1v) is 9.07. The molecule has 0 atom stereocenters. The van der Waals surface area contributed by atoms with Gasteiger partial charge in [-0.3, -0.25) is 0 Å². The van der Waals surface area contributed by atoms with E-state index < -0.39 is 0 Å². The fraction of sp³-hybridized carbons (Fsp3) is 0.286. The lowest BCUT2D eigenvalue weighted by Crippen LogP contribution is -2.39. The van der Waals surface area contributed by atoms with Gasteiger partial charge in [-0.2, -0.15) is 4.98 Å². The van der Waals surface area contributed by atoms with Crippen molar-refractivity contribution in [2.45, 2.75) is 33.4 Å². The van der Waals surface area contributed by atoms with Gasteiger partial charge in [0, 0.05) is 23.4 Å². The summed E-state index contributed by atoms with van der Waals surface area (Å²) in [7, 11) is 1.59. The topological polar surface area (TPSA) is 80.5 Å². The summed E-state index contributed by atoms with van der Waals surface area (Å²) in [6, 6.07) is 14.8. The van der Waals surface area contributed by atoms with Gasteiger partial charge in [0.2, 0.25) is 11.7 Å². The van der Waals surface area contributed by atoms with Gasteiger partial charge >= 0.3 is 6.03 Å². The van der Waals surface area contributed by atoms with Crippen molar-refractivity contribution in [3.63, 3.8) is 0 Å². The quantitative estimate of drug-likeness (QED) is 0.681. The van der Waals surface area contributed by atoms with Crippen LogP contribution in [0.25, 0.3) is 11.4 Å². The first-order valence-electron chi connectivity index (χ1n) is 9.07. The van der Waals surface area contributed by atoms with Gasteiger partial charge in [-0.25, -0.2) is 4.79 Å². The summed E-state index contributed by atoms with van der Waals surface area (Å²) in [4.78, 5) is 18.8. The SMILES string of the molecule is COc1cccc(NC(=O)N(Cc2nc(-c3cccc(C)c3)no2)C(C)C)c1. The van der Waals surface area contributed by atoms with Crippen LogP contribution in [0.2, 0.25) is 0 Å². The van der Waals surface area contributed by atoms with Gasteiger partial charge < -0.3 is 19.5 Å². The number of ether oxygens (including phenoxy) is 1. The first kappa shape index (κ1) is 19.4. The van der Waals surface area contributed by atoms with Gasteiger partial charge in [0.05, 0.1) is 7.11 Å². The van der Waals surface area contributed by atoms with Crippen LogP contribution >= 0.6 is 0 Å². The van der Waals surface area contributed by atoms with Crippen molar-refractivity contribution >= 4 is 11.7 Å². The van der Waals surface area contributed by atoms with Gasteiger partial charge in [-0.1, -0.05) is 35.0 Å². The minimum Gasteiger partial charge on any atom is -0.497 e. The zero-order valence-electron chi connectivity index (χ0n) is 16.5. The Bertz CT molecular complexity index is 952. The Balaban J connectivity index is 1.73. The number of nitrogens with zero attached hydrogens (tertiary/aromatic N) is 3. The van der Waals surface area contributed by atoms with Gasteiger partial charge in [0.1, 0.15) is 12.3 Å². The Labute approximate surface area is 164 Å². The number of aryl methyl sites for hydroxylation is 1. The van der Waals surface area contributed by atoms with Crippen molar-refractivity contribution < 1.29 is 14.1 Å². The zero-order chi connectivity index (χ0) is 20.1. The lowest BCUT2D eigenvalue weighted by atomic mass is 10.1. The summed E-state index contributed by atoms with van der Waals surface area (Å²) >= 11 is 0. The predicted molar refractivity (Wildman–Crippen MR) is 107 cm³/mol. The number of amides is 2. The van der Waals surface area contributed by atoms with E-state index in [1.54, 1.807) is 18.1 Å². The largest absolute Gasteiger partial charge is 0.497 e. The highest BCUT2D eigenvalue weighted by atomic mass is 16.5. The van der Waals surface area contributed by atoms with Crippen molar-refractivity contribution in [2.24, 2.45) is 0 Å². The van der Waals surface area contributed by atoms with Crippen LogP contribution in [0.3, 0.4) is 0 Å². The molecule has 1 N–H and O–H groups in total. The molecule has 0 saturated carbocycles. The molecule has 0 aliphatic heterocycles. The van der Waals surface area contributed by atoms with E-state index in [2.05, 4.69) is 15.5 Å². The van der Waals surface area contributed by atoms with Crippen molar-refractivity contribution in [1.29, 1.82) is 0 Å². The normalized spacial score (nSPS) is 10.8. The van der Waals surface area contributed by atoms with Crippen LogP contribution in [0.4, 0.5) is 10.5 Å². The third-order valence-electron chi connectivity index (χ3n) is 4.26. The third kappa shape index (κ3) is 4.68. The second-order valence-electron chi connectivity index (χ2n) is 6.76. The van der Waals surface area contributed by atoms with E-state index >= 15 is 0 Å². The van der Waals surface area contributed by atoms with E-state index in [1.165, 1.54) is 0 Å². The van der Waals surface area contributed by atoms with Crippen molar-refractivity contribution in [3.8, 4) is 17.1 Å². The number of benzene rings is 2. The number of aromatic nitrogens is 2. The minimum absolute atomic E-state index is 0.0556. The van der Waals surface area contributed by atoms with Crippen molar-refractivity contribution in [2.75, 3.05) is 12.4 Å². The molecule has 1 aromatic heterocycles. The van der Waals surface area contributed by atoms with Crippen LogP contribution in [0.1, 0.15) is 25.3 Å². The highest BCUT2D eigenvalue weighted by Crippen LogP contribution is 2.20. The number of nitrogens with one attached hydrogen (secondary N) is 1. The molecule has 0 bridgehead atoms. The maximum atomic E-state index is 12.8. The minimum atomic E-state index is -0.251. The molecule has 0 fully saturated rings. The molecule has 1 heterocycles. The molecule has 0 unspecified atom stereocenters. The van der Waals surface area contributed by atoms with Crippen LogP contribution in [0.15, 0.2) is 53.1 Å². The molecule has 28 heavy (non-hydrogen) atoms. The molecule has 0 aliphatic carbocycles. The molecule has 0 radical (unpaired) electrons. The lowest BCUT2D eigenvalue weighted by molar-refractivity contribution is 0.182. The van der Waals surface area contributed by atoms with Crippen LogP contribution < -0.4 is 10.1 Å². The average Bonchev–Trinajstić information content (AvgIpc) is 3.14. The van der Waals surface area contributed by atoms with Gasteiger partial charge in [-0.05, 0) is 39.0 Å². The second-order valence-corrected chi connectivity index (χ2v) is 6.76. The summed E-state index contributed by atoms with van der Waals surface area (Å²) in [5.74, 6) is 1.57. The van der Waals surface area contributed by atoms with Crippen LogP contribution in [0.5, 0.6) is 5.75 Å². The van der Waals surface area contributed by atoms with E-state index in [-0.39, 0.29) is 18.6 Å². The lowest BCUT2D eigenvalue weighted by Gasteiger charge is -2.25. The fourth-order valence-corrected chi connectivity index (χ4v) is 2.75. The number of carbonyl (C=O) groups excluding carboxylic acids is 1. The summed E-state index contributed by atoms with van der Waals surface area (Å²) in [5.41, 5.74) is 2.65. The van der Waals surface area contributed by atoms with Crippen LogP contribution in [0, 0.1) is 6.92 Å². The maximum Gasteiger partial charge on any atom is 0.322 e. The zero-order valence-corrected chi connectivity index (χ0v) is 16.5. The Hall–Kier alpha value is -3.35. The molecule has 0 aliphatic rings. The predicted octanol–water partition coefficient (Wildman–Crippen LogP) is 4.50. The number of methoxy groups -OCH3 is 1. The standard InChI is InChI=1S/C21H24N4O3/c1-14(2)25(21(26)22-17-9-6-10-18(12-17)27-4)13-19-23-20(24-28-19)16-8-5-7-15(3)11-16/h5-12,14H,13H2,1-4H3,(H,22,26). The fourth-order valence-electron chi connectivity index (χ4n) is 2.75. The number of anilines is 1. The summed E-state index contributed by atoms with van der Waals surface area (Å²) in [6.45, 7) is 6.09. The van der Waals surface area contributed by atoms with E-state index in [0.29, 0.717) is 23.2 Å². The molecular formula is C21H24N4O3. The first-order chi connectivity index (χ1) is 13.5. The number of hydrogen-bond acceptors (Lipinski definition) is 5. The molecule has 146 valence electrons. The summed E-state index contributed by atoms with van der Waals surface area (Å²) in [5, 5.41) is 6.93. The molecule has 7 heteroatoms. The molecule has 2 aromatic carbocycles. The van der Waals surface area contributed by atoms with E-state index in [9.17, 15) is 4.79 Å². The Morgan fingerprint density at radius 1 is 1.21 bits per heavy atom. The van der Waals surface area contributed by atoms with Crippen LogP contribution in [-0.4, -0.2) is 34.2 Å². The van der Waals surface area contributed by atoms with E-state index in [1.807, 2.05) is 63.2 Å². The van der Waals surface area contributed by atoms with Gasteiger partial charge in [0.25, 0.3) is 0 Å². The summed E-state index contributed by atoms with van der Waals surface area (Å²) < 4.78 is 10.6. The summed E-state index contributed by atoms with van der Waals surface area (Å²) in [6.07, 6.45) is 0. The van der Waals surface area contributed by atoms with E-state index in [0.717, 1.165) is 11.1 Å². The molecule has 0 spiro atoms. The average molecular weight is 380 g/mol. The molecule has 3 aromatic rings. The third-order valence-corrected chi connectivity index (χ3v) is 4.26. The monoisotopic (exact) mass is 380 g/mol. The smallest absolute Gasteiger partial charge is 0.322 e. The van der Waals surface area contributed by atoms with Crippen molar-refractivity contribution in [1.82, 2.24) is 15.0 Å². The maximum absolute atomic E-state index is 12.8. The number of rotatable bonds is 6. The molecule has 0 saturated heterocycles. The number of carbonyl (C=O) groups is 1. The number of urea groups is 1. The second kappa shape index (κ2) is 8.56. The molecule has 2 amide bonds. The Kier molecular flexibility index (Phi) is 5.93. The van der Waals surface area contributed by atoms with E-state index in [4.69, 9.17) is 9.26 Å². The number of hydrogen-bond donors (Lipinski definition) is 1. The molecule has 3 rings (SSSR count).